The maximum absolute atomic E-state index is 14.1. The van der Waals surface area contributed by atoms with Crippen LogP contribution in [-0.2, 0) is 12.8 Å². The number of rotatable bonds is 6. The van der Waals surface area contributed by atoms with Gasteiger partial charge in [0, 0.05) is 93.2 Å². The van der Waals surface area contributed by atoms with Gasteiger partial charge < -0.3 is 30.1 Å². The molecule has 8 aromatic rings. The Bertz CT molecular complexity index is 2880. The van der Waals surface area contributed by atoms with Gasteiger partial charge in [0.2, 0.25) is 0 Å². The van der Waals surface area contributed by atoms with Crippen molar-refractivity contribution >= 4 is 66.8 Å². The highest BCUT2D eigenvalue weighted by atomic mass is 35.5. The van der Waals surface area contributed by atoms with Crippen LogP contribution >= 0.6 is 11.6 Å². The summed E-state index contributed by atoms with van der Waals surface area (Å²) in [4.78, 5) is 40.6. The number of benzene rings is 4. The quantitative estimate of drug-likeness (QED) is 0.134. The Labute approximate surface area is 325 Å². The van der Waals surface area contributed by atoms with Crippen LogP contribution in [0.25, 0.3) is 65.9 Å². The zero-order valence-corrected chi connectivity index (χ0v) is 31.4. The van der Waals surface area contributed by atoms with E-state index < -0.39 is 5.82 Å². The third-order valence-corrected chi connectivity index (χ3v) is 10.7. The number of H-pyrrole nitrogens is 2. The van der Waals surface area contributed by atoms with Crippen LogP contribution in [0.4, 0.5) is 4.39 Å². The van der Waals surface area contributed by atoms with Gasteiger partial charge in [-0.05, 0) is 55.0 Å². The first-order valence-electron chi connectivity index (χ1n) is 18.5. The monoisotopic (exact) mass is 766 g/mol. The lowest BCUT2D eigenvalue weighted by atomic mass is 10.0. The summed E-state index contributed by atoms with van der Waals surface area (Å²) in [5, 5.41) is 12.2. The smallest absolute Gasteiger partial charge is 0.253 e. The summed E-state index contributed by atoms with van der Waals surface area (Å²) in [6, 6.07) is 22.4. The largest absolute Gasteiger partial charge is 0.494 e. The minimum absolute atomic E-state index is 0.0134. The summed E-state index contributed by atoms with van der Waals surface area (Å²) in [7, 11) is 1.44. The van der Waals surface area contributed by atoms with Gasteiger partial charge >= 0.3 is 0 Å². The molecule has 0 radical (unpaired) electrons. The number of methoxy groups -OCH3 is 1. The molecule has 2 amide bonds. The second-order valence-corrected chi connectivity index (χ2v) is 14.3. The zero-order chi connectivity index (χ0) is 38.5. The molecule has 12 heteroatoms. The molecule has 0 saturated heterocycles. The predicted octanol–water partition coefficient (Wildman–Crippen LogP) is 8.93. The number of hydrogen-bond acceptors (Lipinski definition) is 6. The summed E-state index contributed by atoms with van der Waals surface area (Å²) >= 11 is 6.41. The molecule has 0 atom stereocenters. The van der Waals surface area contributed by atoms with E-state index in [1.54, 1.807) is 18.3 Å². The highest BCUT2D eigenvalue weighted by Crippen LogP contribution is 2.36. The van der Waals surface area contributed by atoms with Crippen molar-refractivity contribution in [2.45, 2.75) is 26.2 Å². The fourth-order valence-electron chi connectivity index (χ4n) is 7.67. The summed E-state index contributed by atoms with van der Waals surface area (Å²) in [6.07, 6.45) is 6.15. The van der Waals surface area contributed by atoms with Crippen LogP contribution in [0.1, 0.15) is 45.4 Å². The standard InChI is InChI=1S/C23H20ClN3O2.C21H16FN3O2/c1-2-9-29-20-6-4-13(10-17(20)24)19-11-16-14(12-26-19)3-5-15-21-18(27-22(15)16)7-8-25-23(21)28;1-27-18-5-3-11(8-15(18)22)17-9-14-12(10-24-17)2-4-13-19-16(25-20(13)14)6-7-23-21(19)26/h3-6,10-12,27H,2,7-9H2,1H3,(H,25,28);2-5,8-10,25H,6-7H2,1H3,(H,23,26). The number of carbonyl (C=O) groups is 2. The molecule has 280 valence electrons. The van der Waals surface area contributed by atoms with Crippen molar-refractivity contribution in [3.05, 3.63) is 119 Å². The van der Waals surface area contributed by atoms with E-state index in [0.717, 1.165) is 90.8 Å². The van der Waals surface area contributed by atoms with Gasteiger partial charge in [0.05, 0.1) is 52.3 Å². The van der Waals surface area contributed by atoms with Crippen LogP contribution in [0.2, 0.25) is 5.02 Å². The van der Waals surface area contributed by atoms with Crippen molar-refractivity contribution in [1.82, 2.24) is 30.6 Å². The van der Waals surface area contributed by atoms with E-state index in [1.807, 2.05) is 54.7 Å². The molecule has 6 heterocycles. The molecule has 0 bridgehead atoms. The Hall–Kier alpha value is -6.46. The Morgan fingerprint density at radius 1 is 0.696 bits per heavy atom. The molecule has 56 heavy (non-hydrogen) atoms. The van der Waals surface area contributed by atoms with Gasteiger partial charge in [-0.2, -0.15) is 0 Å². The zero-order valence-electron chi connectivity index (χ0n) is 30.6. The van der Waals surface area contributed by atoms with Gasteiger partial charge in [-0.1, -0.05) is 42.8 Å². The van der Waals surface area contributed by atoms with Crippen molar-refractivity contribution in [2.24, 2.45) is 0 Å². The van der Waals surface area contributed by atoms with Crippen LogP contribution in [0.5, 0.6) is 11.5 Å². The number of aromatic amines is 2. The molecular weight excluding hydrogens is 731 g/mol. The van der Waals surface area contributed by atoms with E-state index in [1.165, 1.54) is 13.2 Å². The number of hydrogen-bond donors (Lipinski definition) is 4. The lowest BCUT2D eigenvalue weighted by Gasteiger charge is -2.11. The van der Waals surface area contributed by atoms with Gasteiger partial charge in [0.25, 0.3) is 11.8 Å². The summed E-state index contributed by atoms with van der Waals surface area (Å²) in [5.41, 5.74) is 8.38. The SMILES string of the molecule is CCCOc1ccc(-c2cc3c(ccc4c5c([nH]c43)CCNC5=O)cn2)cc1Cl.COc1ccc(-c2cc3c(ccc4c5c([nH]c43)CCNC5=O)cn2)cc1F. The Morgan fingerprint density at radius 2 is 1.23 bits per heavy atom. The average Bonchev–Trinajstić information content (AvgIpc) is 3.81. The molecule has 0 aliphatic carbocycles. The third kappa shape index (κ3) is 6.14. The van der Waals surface area contributed by atoms with Gasteiger partial charge in [-0.3, -0.25) is 19.6 Å². The predicted molar refractivity (Wildman–Crippen MR) is 217 cm³/mol. The number of nitrogens with zero attached hydrogens (tertiary/aromatic N) is 2. The highest BCUT2D eigenvalue weighted by Gasteiger charge is 2.24. The van der Waals surface area contributed by atoms with Crippen LogP contribution in [0, 0.1) is 5.82 Å². The van der Waals surface area contributed by atoms with Crippen molar-refractivity contribution in [2.75, 3.05) is 26.8 Å². The van der Waals surface area contributed by atoms with Crippen LogP contribution in [0.3, 0.4) is 0 Å². The van der Waals surface area contributed by atoms with E-state index in [0.29, 0.717) is 47.3 Å². The maximum Gasteiger partial charge on any atom is 0.253 e. The third-order valence-electron chi connectivity index (χ3n) is 10.4. The number of aromatic nitrogens is 4. The summed E-state index contributed by atoms with van der Waals surface area (Å²) in [6.45, 7) is 3.99. The molecule has 0 spiro atoms. The number of nitrogens with one attached hydrogen (secondary N) is 4. The normalized spacial score (nSPS) is 13.6. The number of fused-ring (bicyclic) bond motifs is 10. The van der Waals surface area contributed by atoms with Gasteiger partial charge in [0.15, 0.2) is 11.6 Å². The molecule has 4 aromatic heterocycles. The molecule has 4 N–H and O–H groups in total. The summed E-state index contributed by atoms with van der Waals surface area (Å²) in [5.74, 6) is 0.393. The van der Waals surface area contributed by atoms with Gasteiger partial charge in [-0.25, -0.2) is 4.39 Å². The second kappa shape index (κ2) is 14.3. The van der Waals surface area contributed by atoms with Gasteiger partial charge in [-0.15, -0.1) is 0 Å². The molecule has 0 saturated carbocycles. The molecule has 4 aromatic carbocycles. The minimum atomic E-state index is -0.429. The highest BCUT2D eigenvalue weighted by molar-refractivity contribution is 6.32. The van der Waals surface area contributed by atoms with E-state index in [9.17, 15) is 14.0 Å². The van der Waals surface area contributed by atoms with E-state index in [2.05, 4.69) is 43.6 Å². The average molecular weight is 767 g/mol. The molecular formula is C44H36ClFN6O4. The first kappa shape index (κ1) is 35.3. The fourth-order valence-corrected chi connectivity index (χ4v) is 7.91. The molecule has 2 aliphatic heterocycles. The van der Waals surface area contributed by atoms with Crippen LogP contribution < -0.4 is 20.1 Å². The van der Waals surface area contributed by atoms with Crippen molar-refractivity contribution < 1.29 is 23.5 Å². The van der Waals surface area contributed by atoms with Crippen LogP contribution in [-0.4, -0.2) is 58.6 Å². The second-order valence-electron chi connectivity index (χ2n) is 13.9. The summed E-state index contributed by atoms with van der Waals surface area (Å²) < 4.78 is 24.7. The topological polar surface area (TPSA) is 134 Å². The van der Waals surface area contributed by atoms with E-state index in [-0.39, 0.29) is 17.6 Å². The lowest BCUT2D eigenvalue weighted by Crippen LogP contribution is -2.31. The number of carbonyl (C=O) groups excluding carboxylic acids is 2. The van der Waals surface area contributed by atoms with Crippen molar-refractivity contribution in [1.29, 1.82) is 0 Å². The van der Waals surface area contributed by atoms with Crippen molar-refractivity contribution in [3.8, 4) is 34.0 Å². The first-order chi connectivity index (χ1) is 27.3. The number of ether oxygens (including phenoxy) is 2. The number of halogens is 2. The maximum atomic E-state index is 14.1. The van der Waals surface area contributed by atoms with Crippen molar-refractivity contribution in [3.63, 3.8) is 0 Å². The lowest BCUT2D eigenvalue weighted by molar-refractivity contribution is 0.0939. The number of pyridine rings is 2. The van der Waals surface area contributed by atoms with E-state index in [4.69, 9.17) is 21.1 Å². The van der Waals surface area contributed by atoms with Gasteiger partial charge in [0.1, 0.15) is 5.75 Å². The number of amides is 2. The Kier molecular flexibility index (Phi) is 9.01. The molecule has 10 rings (SSSR count). The molecule has 0 fully saturated rings. The van der Waals surface area contributed by atoms with Crippen LogP contribution in [0.15, 0.2) is 85.2 Å². The molecule has 0 unspecified atom stereocenters. The molecule has 2 aliphatic rings. The Morgan fingerprint density at radius 3 is 1.73 bits per heavy atom. The minimum Gasteiger partial charge on any atom is -0.494 e. The molecule has 10 nitrogen and oxygen atoms in total. The fraction of sp³-hybridized carbons (Fsp3) is 0.182. The Balaban J connectivity index is 0.000000147. The van der Waals surface area contributed by atoms with E-state index >= 15 is 0 Å². The first-order valence-corrected chi connectivity index (χ1v) is 18.9.